The predicted molar refractivity (Wildman–Crippen MR) is 46.3 cm³/mol. The Morgan fingerprint density at radius 3 is 3.00 bits per heavy atom. The highest BCUT2D eigenvalue weighted by molar-refractivity contribution is 6.36. The average Bonchev–Trinajstić information content (AvgIpc) is 2.65. The second-order valence-corrected chi connectivity index (χ2v) is 2.69. The molecule has 1 aromatic rings. The Bertz CT molecular complexity index is 335. The number of carbonyl (C=O) groups excluding carboxylic acids is 1. The van der Waals surface area contributed by atoms with Gasteiger partial charge in [0.05, 0.1) is 6.26 Å². The van der Waals surface area contributed by atoms with E-state index in [4.69, 9.17) is 9.95 Å². The number of rotatable bonds is 4. The summed E-state index contributed by atoms with van der Waals surface area (Å²) in [4.78, 5) is 14.0. The van der Waals surface area contributed by atoms with E-state index in [0.29, 0.717) is 12.8 Å². The molecule has 0 saturated carbocycles. The molecule has 1 aromatic heterocycles. The van der Waals surface area contributed by atoms with Crippen molar-refractivity contribution in [3.8, 4) is 0 Å². The van der Waals surface area contributed by atoms with Crippen LogP contribution in [0, 0.1) is 0 Å². The molecule has 1 heterocycles. The molecule has 0 aliphatic carbocycles. The van der Waals surface area contributed by atoms with Crippen LogP contribution in [-0.4, -0.2) is 16.3 Å². The number of nitrogens with zero attached hydrogens (tertiary/aromatic N) is 2. The third-order valence-corrected chi connectivity index (χ3v) is 1.73. The Balaban J connectivity index is 2.44. The van der Waals surface area contributed by atoms with Crippen molar-refractivity contribution in [3.05, 3.63) is 29.7 Å². The molecule has 0 saturated heterocycles. The lowest BCUT2D eigenvalue weighted by Gasteiger charge is -1.91. The van der Waals surface area contributed by atoms with Crippen molar-refractivity contribution in [2.75, 3.05) is 0 Å². The average molecular weight is 178 g/mol. The van der Waals surface area contributed by atoms with Gasteiger partial charge >= 0.3 is 5.71 Å². The molecular formula is C9H10N2O2. The van der Waals surface area contributed by atoms with E-state index in [1.54, 1.807) is 18.4 Å². The number of aryl methyl sites for hydroxylation is 1. The molecule has 68 valence electrons. The Morgan fingerprint density at radius 2 is 2.46 bits per heavy atom. The summed E-state index contributed by atoms with van der Waals surface area (Å²) in [7, 11) is 0. The first-order valence-corrected chi connectivity index (χ1v) is 3.98. The van der Waals surface area contributed by atoms with E-state index in [0.717, 1.165) is 5.76 Å². The Labute approximate surface area is 75.8 Å². The molecular weight excluding hydrogens is 168 g/mol. The second-order valence-electron chi connectivity index (χ2n) is 2.69. The molecule has 0 radical (unpaired) electrons. The van der Waals surface area contributed by atoms with Crippen molar-refractivity contribution in [1.29, 1.82) is 0 Å². The molecule has 0 unspecified atom stereocenters. The Kier molecular flexibility index (Phi) is 3.17. The Hall–Kier alpha value is -1.67. The van der Waals surface area contributed by atoms with Crippen LogP contribution >= 0.6 is 0 Å². The summed E-state index contributed by atoms with van der Waals surface area (Å²) in [6.07, 6.45) is 2.41. The van der Waals surface area contributed by atoms with Crippen molar-refractivity contribution in [2.45, 2.75) is 19.8 Å². The van der Waals surface area contributed by atoms with Gasteiger partial charge in [0.15, 0.2) is 0 Å². The fourth-order valence-corrected chi connectivity index (χ4v) is 0.928. The van der Waals surface area contributed by atoms with E-state index in [-0.39, 0.29) is 11.5 Å². The lowest BCUT2D eigenvalue weighted by Crippen LogP contribution is -2.11. The van der Waals surface area contributed by atoms with E-state index in [9.17, 15) is 4.79 Å². The third kappa shape index (κ3) is 2.69. The minimum absolute atomic E-state index is 0.131. The third-order valence-electron chi connectivity index (χ3n) is 1.73. The standard InChI is InChI=1S/C9H10N2O2/c1-7(11-10)9(12)5-4-8-3-2-6-13-8/h2-3,6H,4-5H2,1H3. The lowest BCUT2D eigenvalue weighted by molar-refractivity contribution is -0.117. The first-order chi connectivity index (χ1) is 6.24. The van der Waals surface area contributed by atoms with Crippen LogP contribution in [0.4, 0.5) is 0 Å². The van der Waals surface area contributed by atoms with Gasteiger partial charge in [-0.3, -0.25) is 4.79 Å². The van der Waals surface area contributed by atoms with E-state index in [1.807, 2.05) is 0 Å². The molecule has 0 atom stereocenters. The number of carbonyl (C=O) groups is 1. The molecule has 0 bridgehead atoms. The molecule has 0 aliphatic rings. The van der Waals surface area contributed by atoms with Gasteiger partial charge < -0.3 is 9.95 Å². The summed E-state index contributed by atoms with van der Waals surface area (Å²) in [6.45, 7) is 1.48. The number of ketones is 1. The number of hydrogen-bond donors (Lipinski definition) is 0. The lowest BCUT2D eigenvalue weighted by atomic mass is 10.1. The summed E-state index contributed by atoms with van der Waals surface area (Å²) in [5.41, 5.74) is 8.44. The zero-order valence-electron chi connectivity index (χ0n) is 7.36. The summed E-state index contributed by atoms with van der Waals surface area (Å²) in [5.74, 6) is 0.595. The van der Waals surface area contributed by atoms with Gasteiger partial charge in [-0.1, -0.05) is 0 Å². The summed E-state index contributed by atoms with van der Waals surface area (Å²) < 4.78 is 5.04. The molecule has 13 heavy (non-hydrogen) atoms. The maximum atomic E-state index is 11.1. The van der Waals surface area contributed by atoms with E-state index in [1.165, 1.54) is 6.92 Å². The number of Topliss-reactive ketones (excluding diaryl/α,β-unsaturated/α-hetero) is 1. The van der Waals surface area contributed by atoms with Crippen LogP contribution in [-0.2, 0) is 11.2 Å². The fraction of sp³-hybridized carbons (Fsp3) is 0.333. The van der Waals surface area contributed by atoms with Gasteiger partial charge in [0.25, 0.3) is 0 Å². The van der Waals surface area contributed by atoms with Crippen molar-refractivity contribution in [2.24, 2.45) is 0 Å². The first-order valence-electron chi connectivity index (χ1n) is 3.98. The summed E-state index contributed by atoms with van der Waals surface area (Å²) in [6, 6.07) is 3.57. The molecule has 4 heteroatoms. The zero-order valence-corrected chi connectivity index (χ0v) is 7.36. The van der Waals surface area contributed by atoms with Crippen LogP contribution in [0.25, 0.3) is 5.53 Å². The summed E-state index contributed by atoms with van der Waals surface area (Å²) >= 11 is 0. The van der Waals surface area contributed by atoms with E-state index < -0.39 is 0 Å². The number of hydrogen-bond acceptors (Lipinski definition) is 2. The molecule has 0 spiro atoms. The molecule has 1 rings (SSSR count). The maximum absolute atomic E-state index is 11.1. The monoisotopic (exact) mass is 178 g/mol. The molecule has 0 amide bonds. The molecule has 0 fully saturated rings. The van der Waals surface area contributed by atoms with Crippen molar-refractivity contribution >= 4 is 11.5 Å². The van der Waals surface area contributed by atoms with Gasteiger partial charge in [0.2, 0.25) is 5.78 Å². The van der Waals surface area contributed by atoms with E-state index >= 15 is 0 Å². The molecule has 0 N–H and O–H groups in total. The van der Waals surface area contributed by atoms with Crippen LogP contribution in [0.3, 0.4) is 0 Å². The number of furan rings is 1. The Morgan fingerprint density at radius 1 is 1.69 bits per heavy atom. The first kappa shape index (κ1) is 9.42. The SMILES string of the molecule is CC(=[N+]=[N-])C(=O)CCc1ccco1. The minimum atomic E-state index is -0.168. The van der Waals surface area contributed by atoms with Crippen LogP contribution in [0.5, 0.6) is 0 Å². The molecule has 4 nitrogen and oxygen atoms in total. The second kappa shape index (κ2) is 4.38. The van der Waals surface area contributed by atoms with Crippen LogP contribution < -0.4 is 0 Å². The fourth-order valence-electron chi connectivity index (χ4n) is 0.928. The quantitative estimate of drug-likeness (QED) is 0.398. The van der Waals surface area contributed by atoms with Gasteiger partial charge in [0.1, 0.15) is 5.76 Å². The van der Waals surface area contributed by atoms with Crippen molar-refractivity contribution in [1.82, 2.24) is 0 Å². The highest BCUT2D eigenvalue weighted by atomic mass is 16.3. The van der Waals surface area contributed by atoms with Gasteiger partial charge in [0, 0.05) is 19.8 Å². The van der Waals surface area contributed by atoms with Crippen molar-refractivity contribution in [3.63, 3.8) is 0 Å². The largest absolute Gasteiger partial charge is 0.469 e. The highest BCUT2D eigenvalue weighted by Crippen LogP contribution is 2.03. The maximum Gasteiger partial charge on any atom is 0.331 e. The zero-order chi connectivity index (χ0) is 9.68. The van der Waals surface area contributed by atoms with E-state index in [2.05, 4.69) is 4.79 Å². The topological polar surface area (TPSA) is 66.6 Å². The van der Waals surface area contributed by atoms with Crippen LogP contribution in [0.2, 0.25) is 0 Å². The highest BCUT2D eigenvalue weighted by Gasteiger charge is 2.13. The predicted octanol–water partition coefficient (Wildman–Crippen LogP) is 1.47. The van der Waals surface area contributed by atoms with Crippen molar-refractivity contribution < 1.29 is 14.0 Å². The van der Waals surface area contributed by atoms with Gasteiger partial charge in [-0.05, 0) is 12.1 Å². The normalized spacial score (nSPS) is 9.31. The van der Waals surface area contributed by atoms with Crippen LogP contribution in [0.15, 0.2) is 22.8 Å². The van der Waals surface area contributed by atoms with Gasteiger partial charge in [-0.2, -0.15) is 4.79 Å². The summed E-state index contributed by atoms with van der Waals surface area (Å²) in [5, 5.41) is 0. The van der Waals surface area contributed by atoms with Crippen LogP contribution in [0.1, 0.15) is 19.1 Å². The molecule has 0 aliphatic heterocycles. The van der Waals surface area contributed by atoms with Gasteiger partial charge in [-0.25, -0.2) is 0 Å². The minimum Gasteiger partial charge on any atom is -0.469 e. The van der Waals surface area contributed by atoms with Gasteiger partial charge in [-0.15, -0.1) is 0 Å². The smallest absolute Gasteiger partial charge is 0.331 e. The molecule has 0 aromatic carbocycles.